The Hall–Kier alpha value is -0.380. The van der Waals surface area contributed by atoms with E-state index >= 15 is 0 Å². The lowest BCUT2D eigenvalue weighted by molar-refractivity contribution is -0.0587. The molecule has 0 unspecified atom stereocenters. The zero-order chi connectivity index (χ0) is 13.1. The van der Waals surface area contributed by atoms with Gasteiger partial charge in [0.05, 0.1) is 24.9 Å². The van der Waals surface area contributed by atoms with E-state index in [0.29, 0.717) is 17.3 Å². The second kappa shape index (κ2) is 3.81. The van der Waals surface area contributed by atoms with E-state index in [4.69, 9.17) is 4.74 Å². The van der Waals surface area contributed by atoms with Gasteiger partial charge in [0.2, 0.25) is 0 Å². The number of aliphatic hydroxyl groups is 2. The van der Waals surface area contributed by atoms with Crippen LogP contribution in [0.15, 0.2) is 11.1 Å². The third-order valence-electron chi connectivity index (χ3n) is 5.37. The molecule has 102 valence electrons. The van der Waals surface area contributed by atoms with Crippen LogP contribution in [0.1, 0.15) is 40.0 Å². The molecule has 0 radical (unpaired) electrons. The van der Waals surface area contributed by atoms with Gasteiger partial charge in [-0.25, -0.2) is 0 Å². The smallest absolute Gasteiger partial charge is 0.0850 e. The van der Waals surface area contributed by atoms with Gasteiger partial charge < -0.3 is 14.9 Å². The Balaban J connectivity index is 2.00. The van der Waals surface area contributed by atoms with Crippen LogP contribution in [-0.4, -0.2) is 35.1 Å². The molecule has 2 bridgehead atoms. The molecule has 3 aliphatic rings. The maximum absolute atomic E-state index is 9.60. The van der Waals surface area contributed by atoms with Crippen LogP contribution >= 0.6 is 0 Å². The molecule has 0 aromatic rings. The van der Waals surface area contributed by atoms with E-state index in [-0.39, 0.29) is 24.9 Å². The number of ether oxygens (including phenoxy) is 1. The molecule has 3 nitrogen and oxygen atoms in total. The highest BCUT2D eigenvalue weighted by atomic mass is 16.5. The van der Waals surface area contributed by atoms with Crippen LogP contribution < -0.4 is 0 Å². The molecular weight excluding hydrogens is 228 g/mol. The SMILES string of the molecule is CC1(C)C[C@H]2[C@H]3O[C@](C)(CC(CO)=C3CO)[C@H]2C1. The van der Waals surface area contributed by atoms with Gasteiger partial charge in [-0.15, -0.1) is 0 Å². The highest BCUT2D eigenvalue weighted by Gasteiger charge is 2.60. The van der Waals surface area contributed by atoms with Crippen LogP contribution in [0.4, 0.5) is 0 Å². The molecule has 1 aliphatic carbocycles. The van der Waals surface area contributed by atoms with Crippen molar-refractivity contribution in [2.24, 2.45) is 17.3 Å². The fraction of sp³-hybridized carbons (Fsp3) is 0.867. The van der Waals surface area contributed by atoms with Gasteiger partial charge >= 0.3 is 0 Å². The molecule has 1 saturated heterocycles. The molecule has 3 heteroatoms. The number of hydrogen-bond donors (Lipinski definition) is 2. The number of aliphatic hydroxyl groups excluding tert-OH is 2. The minimum absolute atomic E-state index is 0.0281. The summed E-state index contributed by atoms with van der Waals surface area (Å²) in [6.45, 7) is 6.95. The Kier molecular flexibility index (Phi) is 2.68. The summed E-state index contributed by atoms with van der Waals surface area (Å²) in [5.74, 6) is 1.10. The predicted octanol–water partition coefficient (Wildman–Crippen LogP) is 1.88. The molecule has 0 amide bonds. The molecular formula is C15H24O3. The summed E-state index contributed by atoms with van der Waals surface area (Å²) in [7, 11) is 0. The lowest BCUT2D eigenvalue weighted by Gasteiger charge is -2.37. The normalized spacial score (nSPS) is 45.5. The first kappa shape index (κ1) is 12.6. The van der Waals surface area contributed by atoms with E-state index in [1.807, 2.05) is 0 Å². The summed E-state index contributed by atoms with van der Waals surface area (Å²) in [5, 5.41) is 19.1. The van der Waals surface area contributed by atoms with E-state index in [0.717, 1.165) is 17.6 Å². The Morgan fingerprint density at radius 1 is 1.17 bits per heavy atom. The third kappa shape index (κ3) is 1.60. The standard InChI is InChI=1S/C15H24O3/c1-14(2)5-10-12(6-14)15(3)4-9(7-16)11(8-17)13(10)18-15/h10,12-13,16-17H,4-8H2,1-3H3/t10-,12+,13-,15-/m1/s1. The highest BCUT2D eigenvalue weighted by molar-refractivity contribution is 5.31. The summed E-state index contributed by atoms with van der Waals surface area (Å²) >= 11 is 0. The van der Waals surface area contributed by atoms with E-state index < -0.39 is 0 Å². The molecule has 0 spiro atoms. The summed E-state index contributed by atoms with van der Waals surface area (Å²) in [6.07, 6.45) is 3.19. The predicted molar refractivity (Wildman–Crippen MR) is 69.1 cm³/mol. The maximum atomic E-state index is 9.60. The molecule has 2 aliphatic heterocycles. The molecule has 2 heterocycles. The molecule has 2 N–H and O–H groups in total. The monoisotopic (exact) mass is 252 g/mol. The molecule has 0 aromatic heterocycles. The zero-order valence-electron chi connectivity index (χ0n) is 11.6. The van der Waals surface area contributed by atoms with Crippen molar-refractivity contribution in [1.82, 2.24) is 0 Å². The average molecular weight is 252 g/mol. The first-order valence-corrected chi connectivity index (χ1v) is 7.00. The lowest BCUT2D eigenvalue weighted by Crippen LogP contribution is -2.38. The van der Waals surface area contributed by atoms with Gasteiger partial charge in [-0.1, -0.05) is 13.8 Å². The molecule has 4 atom stereocenters. The quantitative estimate of drug-likeness (QED) is 0.738. The van der Waals surface area contributed by atoms with Crippen LogP contribution in [-0.2, 0) is 4.74 Å². The molecule has 18 heavy (non-hydrogen) atoms. The Morgan fingerprint density at radius 2 is 1.89 bits per heavy atom. The molecule has 3 rings (SSSR count). The van der Waals surface area contributed by atoms with Gasteiger partial charge in [0.15, 0.2) is 0 Å². The molecule has 2 fully saturated rings. The highest BCUT2D eigenvalue weighted by Crippen LogP contribution is 2.61. The van der Waals surface area contributed by atoms with Gasteiger partial charge in [0.25, 0.3) is 0 Å². The van der Waals surface area contributed by atoms with Crippen LogP contribution in [0.5, 0.6) is 0 Å². The van der Waals surface area contributed by atoms with Crippen molar-refractivity contribution >= 4 is 0 Å². The first-order valence-electron chi connectivity index (χ1n) is 7.00. The van der Waals surface area contributed by atoms with Crippen LogP contribution in [0.3, 0.4) is 0 Å². The van der Waals surface area contributed by atoms with E-state index in [1.54, 1.807) is 0 Å². The Labute approximate surface area is 109 Å². The Morgan fingerprint density at radius 3 is 2.50 bits per heavy atom. The average Bonchev–Trinajstić information content (AvgIpc) is 2.73. The minimum Gasteiger partial charge on any atom is -0.392 e. The fourth-order valence-corrected chi connectivity index (χ4v) is 4.66. The largest absolute Gasteiger partial charge is 0.392 e. The third-order valence-corrected chi connectivity index (χ3v) is 5.37. The Bertz CT molecular complexity index is 399. The van der Waals surface area contributed by atoms with Gasteiger partial charge in [0.1, 0.15) is 0 Å². The topological polar surface area (TPSA) is 49.7 Å². The van der Waals surface area contributed by atoms with Crippen molar-refractivity contribution in [3.05, 3.63) is 11.1 Å². The van der Waals surface area contributed by atoms with E-state index in [9.17, 15) is 10.2 Å². The minimum atomic E-state index is -0.125. The van der Waals surface area contributed by atoms with Crippen LogP contribution in [0.25, 0.3) is 0 Å². The second-order valence-electron chi connectivity index (χ2n) is 7.32. The summed E-state index contributed by atoms with van der Waals surface area (Å²) < 4.78 is 6.25. The van der Waals surface area contributed by atoms with Crippen LogP contribution in [0.2, 0.25) is 0 Å². The maximum Gasteiger partial charge on any atom is 0.0850 e. The van der Waals surface area contributed by atoms with E-state index in [2.05, 4.69) is 20.8 Å². The fourth-order valence-electron chi connectivity index (χ4n) is 4.66. The number of rotatable bonds is 2. The van der Waals surface area contributed by atoms with Crippen molar-refractivity contribution < 1.29 is 14.9 Å². The molecule has 0 aromatic carbocycles. The number of hydrogen-bond acceptors (Lipinski definition) is 3. The van der Waals surface area contributed by atoms with Crippen molar-refractivity contribution in [3.63, 3.8) is 0 Å². The van der Waals surface area contributed by atoms with E-state index in [1.165, 1.54) is 12.8 Å². The van der Waals surface area contributed by atoms with Crippen molar-refractivity contribution in [2.45, 2.75) is 51.7 Å². The van der Waals surface area contributed by atoms with Crippen molar-refractivity contribution in [3.8, 4) is 0 Å². The number of fused-ring (bicyclic) bond motifs is 5. The van der Waals surface area contributed by atoms with Gasteiger partial charge in [-0.3, -0.25) is 0 Å². The summed E-state index contributed by atoms with van der Waals surface area (Å²) in [4.78, 5) is 0. The van der Waals surface area contributed by atoms with Gasteiger partial charge in [0, 0.05) is 6.42 Å². The van der Waals surface area contributed by atoms with Crippen molar-refractivity contribution in [1.29, 1.82) is 0 Å². The zero-order valence-corrected chi connectivity index (χ0v) is 11.6. The van der Waals surface area contributed by atoms with Crippen molar-refractivity contribution in [2.75, 3.05) is 13.2 Å². The summed E-state index contributed by atoms with van der Waals surface area (Å²) in [6, 6.07) is 0. The van der Waals surface area contributed by atoms with Gasteiger partial charge in [-0.2, -0.15) is 0 Å². The lowest BCUT2D eigenvalue weighted by atomic mass is 9.80. The summed E-state index contributed by atoms with van der Waals surface area (Å²) in [5.41, 5.74) is 2.24. The van der Waals surface area contributed by atoms with Gasteiger partial charge in [-0.05, 0) is 48.2 Å². The first-order chi connectivity index (χ1) is 8.40. The van der Waals surface area contributed by atoms with Crippen LogP contribution in [0, 0.1) is 17.3 Å². The molecule has 1 saturated carbocycles. The second-order valence-corrected chi connectivity index (χ2v) is 7.32.